The molecule has 0 fully saturated rings. The number of ether oxygens (including phenoxy) is 1. The van der Waals surface area contributed by atoms with Gasteiger partial charge in [0.05, 0.1) is 5.52 Å². The second-order valence-electron chi connectivity index (χ2n) is 8.01. The monoisotopic (exact) mass is 470 g/mol. The molecule has 5 rings (SSSR count). The van der Waals surface area contributed by atoms with Crippen LogP contribution in [0.1, 0.15) is 38.8 Å². The van der Waals surface area contributed by atoms with E-state index in [0.29, 0.717) is 22.2 Å². The van der Waals surface area contributed by atoms with Gasteiger partial charge in [-0.2, -0.15) is 0 Å². The van der Waals surface area contributed by atoms with Gasteiger partial charge in [0.15, 0.2) is 23.3 Å². The van der Waals surface area contributed by atoms with Crippen LogP contribution >= 0.6 is 0 Å². The Labute approximate surface area is 197 Å². The maximum Gasteiger partial charge on any atom is 0.420 e. The molecule has 174 valence electrons. The first-order valence-electron chi connectivity index (χ1n) is 10.7. The van der Waals surface area contributed by atoms with E-state index in [-0.39, 0.29) is 28.4 Å². The Kier molecular flexibility index (Phi) is 5.37. The summed E-state index contributed by atoms with van der Waals surface area (Å²) in [5.74, 6) is -2.74. The van der Waals surface area contributed by atoms with E-state index in [2.05, 4.69) is 5.32 Å². The number of esters is 1. The molecule has 0 saturated carbocycles. The quantitative estimate of drug-likeness (QED) is 0.392. The average Bonchev–Trinajstić information content (AvgIpc) is 3.17. The van der Waals surface area contributed by atoms with Crippen molar-refractivity contribution in [2.24, 2.45) is 0 Å². The number of rotatable bonds is 5. The molecule has 0 saturated heterocycles. The minimum absolute atomic E-state index is 0.183. The number of nitrogens with zero attached hydrogens (tertiary/aromatic N) is 1. The summed E-state index contributed by atoms with van der Waals surface area (Å²) in [5.41, 5.74) is 2.12. The zero-order valence-electron chi connectivity index (χ0n) is 18.4. The van der Waals surface area contributed by atoms with Gasteiger partial charge in [-0.25, -0.2) is 4.79 Å². The molecule has 9 nitrogen and oxygen atoms in total. The zero-order valence-corrected chi connectivity index (χ0v) is 18.4. The first-order valence-corrected chi connectivity index (χ1v) is 10.7. The lowest BCUT2D eigenvalue weighted by Crippen LogP contribution is -2.32. The van der Waals surface area contributed by atoms with Crippen molar-refractivity contribution in [3.05, 3.63) is 99.5 Å². The van der Waals surface area contributed by atoms with Gasteiger partial charge in [0.25, 0.3) is 5.91 Å². The summed E-state index contributed by atoms with van der Waals surface area (Å²) < 4.78 is 11.4. The van der Waals surface area contributed by atoms with Crippen molar-refractivity contribution in [2.75, 3.05) is 5.32 Å². The summed E-state index contributed by atoms with van der Waals surface area (Å²) in [7, 11) is 0. The zero-order chi connectivity index (χ0) is 24.7. The van der Waals surface area contributed by atoms with Crippen LogP contribution in [-0.4, -0.2) is 34.1 Å². The molecule has 1 aliphatic carbocycles. The molecular weight excluding hydrogens is 452 g/mol. The second kappa shape index (κ2) is 8.53. The van der Waals surface area contributed by atoms with Gasteiger partial charge in [-0.3, -0.25) is 23.7 Å². The number of carbonyl (C=O) groups is 4. The molecule has 9 heteroatoms. The van der Waals surface area contributed by atoms with Crippen molar-refractivity contribution in [3.8, 4) is 0 Å². The normalized spacial score (nSPS) is 13.2. The lowest BCUT2D eigenvalue weighted by molar-refractivity contribution is -0.153. The molecule has 1 heterocycles. The van der Waals surface area contributed by atoms with Crippen molar-refractivity contribution in [3.63, 3.8) is 0 Å². The van der Waals surface area contributed by atoms with Gasteiger partial charge in [0, 0.05) is 27.9 Å². The molecule has 1 atom stereocenters. The maximum atomic E-state index is 12.9. The molecule has 0 spiro atoms. The average molecular weight is 470 g/mol. The molecule has 1 N–H and O–H groups in total. The Morgan fingerprint density at radius 3 is 2.26 bits per heavy atom. The van der Waals surface area contributed by atoms with Crippen LogP contribution < -0.4 is 11.1 Å². The molecule has 1 aliphatic rings. The Hall–Kier alpha value is -4.79. The van der Waals surface area contributed by atoms with E-state index < -0.39 is 30.3 Å². The Balaban J connectivity index is 1.28. The van der Waals surface area contributed by atoms with Crippen LogP contribution in [0.4, 0.5) is 5.69 Å². The predicted molar refractivity (Wildman–Crippen MR) is 124 cm³/mol. The highest BCUT2D eigenvalue weighted by atomic mass is 16.5. The largest absolute Gasteiger partial charge is 0.451 e. The van der Waals surface area contributed by atoms with Gasteiger partial charge < -0.3 is 14.5 Å². The number of para-hydroxylation sites is 2. The number of hydrogen-bond acceptors (Lipinski definition) is 7. The van der Waals surface area contributed by atoms with Gasteiger partial charge in [-0.15, -0.1) is 0 Å². The summed E-state index contributed by atoms with van der Waals surface area (Å²) in [6.45, 7) is 0.954. The number of anilines is 1. The number of fused-ring (bicyclic) bond motifs is 3. The minimum Gasteiger partial charge on any atom is -0.451 e. The fourth-order valence-corrected chi connectivity index (χ4v) is 4.00. The number of oxazole rings is 1. The number of benzene rings is 3. The third kappa shape index (κ3) is 3.93. The van der Waals surface area contributed by atoms with Gasteiger partial charge >= 0.3 is 11.7 Å². The van der Waals surface area contributed by atoms with E-state index in [4.69, 9.17) is 9.15 Å². The van der Waals surface area contributed by atoms with Crippen LogP contribution in [0, 0.1) is 0 Å². The smallest absolute Gasteiger partial charge is 0.420 e. The first-order chi connectivity index (χ1) is 16.8. The Bertz CT molecular complexity index is 1590. The molecule has 4 aromatic rings. The summed E-state index contributed by atoms with van der Waals surface area (Å²) in [5, 5.41) is 2.59. The van der Waals surface area contributed by atoms with E-state index >= 15 is 0 Å². The Morgan fingerprint density at radius 1 is 0.886 bits per heavy atom. The van der Waals surface area contributed by atoms with Crippen LogP contribution in [0.5, 0.6) is 0 Å². The van der Waals surface area contributed by atoms with Gasteiger partial charge in [-0.05, 0) is 37.3 Å². The van der Waals surface area contributed by atoms with E-state index in [1.165, 1.54) is 25.1 Å². The second-order valence-corrected chi connectivity index (χ2v) is 8.01. The van der Waals surface area contributed by atoms with Crippen LogP contribution in [0.3, 0.4) is 0 Å². The standard InChI is InChI=1S/C26H18N2O7/c1-14(34-22(29)13-28-20-8-4-5-9-21(20)35-26(28)33)25(32)27-15-10-11-18-19(12-15)24(31)17-7-3-2-6-16(17)23(18)30/h2-12,14H,13H2,1H3,(H,27,32). The fraction of sp³-hybridized carbons (Fsp3) is 0.115. The highest BCUT2D eigenvalue weighted by Gasteiger charge is 2.30. The molecule has 0 bridgehead atoms. The number of carbonyl (C=O) groups excluding carboxylic acids is 4. The number of nitrogens with one attached hydrogen (secondary N) is 1. The van der Waals surface area contributed by atoms with Crippen LogP contribution in [0.2, 0.25) is 0 Å². The Morgan fingerprint density at radius 2 is 1.51 bits per heavy atom. The lowest BCUT2D eigenvalue weighted by Gasteiger charge is -2.19. The summed E-state index contributed by atoms with van der Waals surface area (Å²) in [6.07, 6.45) is -1.19. The molecular formula is C26H18N2O7. The summed E-state index contributed by atoms with van der Waals surface area (Å²) in [4.78, 5) is 62.6. The summed E-state index contributed by atoms with van der Waals surface area (Å²) in [6, 6.07) is 17.6. The maximum absolute atomic E-state index is 12.9. The highest BCUT2D eigenvalue weighted by Crippen LogP contribution is 2.29. The van der Waals surface area contributed by atoms with Crippen molar-refractivity contribution in [2.45, 2.75) is 19.6 Å². The molecule has 1 aromatic heterocycles. The first kappa shape index (κ1) is 22.0. The van der Waals surface area contributed by atoms with E-state index in [1.807, 2.05) is 0 Å². The number of ketones is 2. The van der Waals surface area contributed by atoms with Crippen LogP contribution in [0.25, 0.3) is 11.1 Å². The molecule has 3 aromatic carbocycles. The number of amides is 1. The number of aromatic nitrogens is 1. The minimum atomic E-state index is -1.19. The van der Waals surface area contributed by atoms with Crippen molar-refractivity contribution in [1.29, 1.82) is 0 Å². The predicted octanol–water partition coefficient (Wildman–Crippen LogP) is 2.94. The SMILES string of the molecule is CC(OC(=O)Cn1c(=O)oc2ccccc21)C(=O)Nc1ccc2c(c1)C(=O)c1ccccc1C2=O. The van der Waals surface area contributed by atoms with Gasteiger partial charge in [0.1, 0.15) is 6.54 Å². The summed E-state index contributed by atoms with van der Waals surface area (Å²) >= 11 is 0. The lowest BCUT2D eigenvalue weighted by atomic mass is 9.84. The molecule has 0 radical (unpaired) electrons. The van der Waals surface area contributed by atoms with Crippen molar-refractivity contribution >= 4 is 40.2 Å². The van der Waals surface area contributed by atoms with Crippen LogP contribution in [0.15, 0.2) is 75.9 Å². The third-order valence-electron chi connectivity index (χ3n) is 5.73. The fourth-order valence-electron chi connectivity index (χ4n) is 4.00. The van der Waals surface area contributed by atoms with Gasteiger partial charge in [0.2, 0.25) is 0 Å². The third-order valence-corrected chi connectivity index (χ3v) is 5.73. The van der Waals surface area contributed by atoms with Gasteiger partial charge in [-0.1, -0.05) is 36.4 Å². The topological polar surface area (TPSA) is 125 Å². The van der Waals surface area contributed by atoms with E-state index in [1.54, 1.807) is 48.5 Å². The molecule has 0 aliphatic heterocycles. The van der Waals surface area contributed by atoms with Crippen molar-refractivity contribution < 1.29 is 28.3 Å². The van der Waals surface area contributed by atoms with E-state index in [0.717, 1.165) is 4.57 Å². The van der Waals surface area contributed by atoms with E-state index in [9.17, 15) is 24.0 Å². The highest BCUT2D eigenvalue weighted by molar-refractivity contribution is 6.28. The number of hydrogen-bond donors (Lipinski definition) is 1. The molecule has 1 amide bonds. The molecule has 35 heavy (non-hydrogen) atoms. The van der Waals surface area contributed by atoms with Crippen molar-refractivity contribution in [1.82, 2.24) is 4.57 Å². The molecule has 1 unspecified atom stereocenters. The van der Waals surface area contributed by atoms with Crippen LogP contribution in [-0.2, 0) is 20.9 Å².